The van der Waals surface area contributed by atoms with E-state index in [4.69, 9.17) is 0 Å². The van der Waals surface area contributed by atoms with Gasteiger partial charge in [-0.3, -0.25) is 4.98 Å². The normalized spacial score (nSPS) is 16.4. The minimum absolute atomic E-state index is 0.115. The van der Waals surface area contributed by atoms with Crippen LogP contribution in [0, 0.1) is 5.92 Å². The van der Waals surface area contributed by atoms with Gasteiger partial charge in [-0.1, -0.05) is 25.0 Å². The third kappa shape index (κ3) is 3.85. The van der Waals surface area contributed by atoms with Gasteiger partial charge in [0.05, 0.1) is 18.3 Å². The Morgan fingerprint density at radius 3 is 2.82 bits per heavy atom. The van der Waals surface area contributed by atoms with Gasteiger partial charge in [-0.15, -0.1) is 11.3 Å². The van der Waals surface area contributed by atoms with Crippen LogP contribution in [0.3, 0.4) is 0 Å². The van der Waals surface area contributed by atoms with Gasteiger partial charge >= 0.3 is 6.03 Å². The minimum Gasteiger partial charge on any atom is -0.332 e. The molecule has 2 aromatic heterocycles. The van der Waals surface area contributed by atoms with E-state index >= 15 is 0 Å². The molecule has 1 aliphatic rings. The summed E-state index contributed by atoms with van der Waals surface area (Å²) in [5, 5.41) is 8.15. The second kappa shape index (κ2) is 7.40. The zero-order chi connectivity index (χ0) is 15.2. The second-order valence-corrected chi connectivity index (χ2v) is 6.66. The van der Waals surface area contributed by atoms with Crippen molar-refractivity contribution in [2.75, 3.05) is 0 Å². The van der Waals surface area contributed by atoms with Gasteiger partial charge in [0, 0.05) is 11.1 Å². The first-order valence-electron chi connectivity index (χ1n) is 7.80. The fraction of sp³-hybridized carbons (Fsp3) is 0.412. The van der Waals surface area contributed by atoms with E-state index in [1.54, 1.807) is 17.5 Å². The first-order chi connectivity index (χ1) is 10.8. The molecule has 0 aliphatic heterocycles. The first kappa shape index (κ1) is 15.0. The summed E-state index contributed by atoms with van der Waals surface area (Å²) in [6.45, 7) is 0.453. The van der Waals surface area contributed by atoms with Gasteiger partial charge in [-0.25, -0.2) is 4.79 Å². The zero-order valence-electron chi connectivity index (χ0n) is 12.5. The van der Waals surface area contributed by atoms with E-state index in [0.717, 1.165) is 5.69 Å². The van der Waals surface area contributed by atoms with Crippen LogP contribution in [0.25, 0.3) is 0 Å². The fourth-order valence-electron chi connectivity index (χ4n) is 3.05. The van der Waals surface area contributed by atoms with Crippen LogP contribution in [-0.4, -0.2) is 11.0 Å². The Balaban J connectivity index is 1.59. The van der Waals surface area contributed by atoms with Crippen molar-refractivity contribution < 1.29 is 4.79 Å². The summed E-state index contributed by atoms with van der Waals surface area (Å²) in [5.74, 6) is 0.555. The van der Waals surface area contributed by atoms with Gasteiger partial charge in [-0.2, -0.15) is 0 Å². The number of urea groups is 1. The Hall–Kier alpha value is -1.88. The zero-order valence-corrected chi connectivity index (χ0v) is 13.3. The summed E-state index contributed by atoms with van der Waals surface area (Å²) >= 11 is 1.72. The van der Waals surface area contributed by atoms with E-state index in [1.807, 2.05) is 18.2 Å². The predicted octanol–water partition coefficient (Wildman–Crippen LogP) is 3.87. The summed E-state index contributed by atoms with van der Waals surface area (Å²) in [4.78, 5) is 17.7. The molecule has 2 amide bonds. The third-order valence-electron chi connectivity index (χ3n) is 4.16. The molecular weight excluding hydrogens is 294 g/mol. The number of hydrogen-bond donors (Lipinski definition) is 2. The average molecular weight is 315 g/mol. The third-order valence-corrected chi connectivity index (χ3v) is 5.12. The molecule has 0 radical (unpaired) electrons. The van der Waals surface area contributed by atoms with E-state index in [0.29, 0.717) is 12.5 Å². The highest BCUT2D eigenvalue weighted by atomic mass is 32.1. The van der Waals surface area contributed by atoms with Crippen LogP contribution in [0.1, 0.15) is 42.3 Å². The van der Waals surface area contributed by atoms with E-state index in [-0.39, 0.29) is 12.1 Å². The van der Waals surface area contributed by atoms with Crippen molar-refractivity contribution in [2.24, 2.45) is 5.92 Å². The van der Waals surface area contributed by atoms with Crippen LogP contribution in [0.4, 0.5) is 4.79 Å². The Kier molecular flexibility index (Phi) is 5.06. The van der Waals surface area contributed by atoms with E-state index in [1.165, 1.54) is 30.6 Å². The molecule has 1 unspecified atom stereocenters. The SMILES string of the molecule is O=C(NCc1ccccn1)NC(c1cccs1)C1CCCC1. The van der Waals surface area contributed by atoms with Crippen molar-refractivity contribution >= 4 is 17.4 Å². The number of nitrogens with one attached hydrogen (secondary N) is 2. The molecule has 0 bridgehead atoms. The minimum atomic E-state index is -0.115. The number of hydrogen-bond acceptors (Lipinski definition) is 3. The first-order valence-corrected chi connectivity index (χ1v) is 8.68. The van der Waals surface area contributed by atoms with Crippen molar-refractivity contribution in [1.82, 2.24) is 15.6 Å². The molecule has 2 aromatic rings. The molecule has 0 spiro atoms. The summed E-state index contributed by atoms with van der Waals surface area (Å²) in [6.07, 6.45) is 6.67. The lowest BCUT2D eigenvalue weighted by atomic mass is 9.97. The van der Waals surface area contributed by atoms with Crippen molar-refractivity contribution in [2.45, 2.75) is 38.3 Å². The Morgan fingerprint density at radius 1 is 1.27 bits per heavy atom. The molecule has 2 N–H and O–H groups in total. The summed E-state index contributed by atoms with van der Waals surface area (Å²) < 4.78 is 0. The number of carbonyl (C=O) groups excluding carboxylic acids is 1. The molecule has 3 rings (SSSR count). The molecule has 4 nitrogen and oxygen atoms in total. The summed E-state index contributed by atoms with van der Waals surface area (Å²) in [6, 6.07) is 9.89. The highest BCUT2D eigenvalue weighted by Gasteiger charge is 2.28. The molecule has 0 saturated heterocycles. The van der Waals surface area contributed by atoms with E-state index in [9.17, 15) is 4.79 Å². The molecule has 116 valence electrons. The number of carbonyl (C=O) groups is 1. The second-order valence-electron chi connectivity index (χ2n) is 5.69. The number of amides is 2. The van der Waals surface area contributed by atoms with Crippen LogP contribution in [0.15, 0.2) is 41.9 Å². The molecule has 1 fully saturated rings. The maximum Gasteiger partial charge on any atom is 0.315 e. The lowest BCUT2D eigenvalue weighted by molar-refractivity contribution is 0.231. The molecular formula is C17H21N3OS. The monoisotopic (exact) mass is 315 g/mol. The smallest absolute Gasteiger partial charge is 0.315 e. The largest absolute Gasteiger partial charge is 0.332 e. The molecule has 2 heterocycles. The maximum absolute atomic E-state index is 12.2. The van der Waals surface area contributed by atoms with Gasteiger partial charge < -0.3 is 10.6 Å². The highest BCUT2D eigenvalue weighted by Crippen LogP contribution is 2.37. The highest BCUT2D eigenvalue weighted by molar-refractivity contribution is 7.10. The van der Waals surface area contributed by atoms with Gasteiger partial charge in [0.1, 0.15) is 0 Å². The van der Waals surface area contributed by atoms with Gasteiger partial charge in [-0.05, 0) is 42.3 Å². The van der Waals surface area contributed by atoms with Crippen molar-refractivity contribution in [3.63, 3.8) is 0 Å². The van der Waals surface area contributed by atoms with Gasteiger partial charge in [0.2, 0.25) is 0 Å². The maximum atomic E-state index is 12.2. The van der Waals surface area contributed by atoms with E-state index in [2.05, 4.69) is 33.1 Å². The quantitative estimate of drug-likeness (QED) is 0.880. The number of rotatable bonds is 5. The van der Waals surface area contributed by atoms with Crippen molar-refractivity contribution in [3.8, 4) is 0 Å². The lowest BCUT2D eigenvalue weighted by Crippen LogP contribution is -2.39. The Labute approximate surface area is 135 Å². The fourth-order valence-corrected chi connectivity index (χ4v) is 3.92. The molecule has 1 saturated carbocycles. The summed E-state index contributed by atoms with van der Waals surface area (Å²) in [5.41, 5.74) is 0.867. The molecule has 1 aliphatic carbocycles. The summed E-state index contributed by atoms with van der Waals surface area (Å²) in [7, 11) is 0. The van der Waals surface area contributed by atoms with Crippen LogP contribution in [0.2, 0.25) is 0 Å². The topological polar surface area (TPSA) is 54.0 Å². The molecule has 22 heavy (non-hydrogen) atoms. The van der Waals surface area contributed by atoms with Crippen LogP contribution >= 0.6 is 11.3 Å². The molecule has 1 atom stereocenters. The number of thiophene rings is 1. The van der Waals surface area contributed by atoms with Gasteiger partial charge in [0.25, 0.3) is 0 Å². The van der Waals surface area contributed by atoms with Gasteiger partial charge in [0.15, 0.2) is 0 Å². The number of pyridine rings is 1. The average Bonchev–Trinajstić information content (AvgIpc) is 3.25. The Bertz CT molecular complexity index is 579. The van der Waals surface area contributed by atoms with Crippen LogP contribution < -0.4 is 10.6 Å². The number of aromatic nitrogens is 1. The number of nitrogens with zero attached hydrogens (tertiary/aromatic N) is 1. The van der Waals surface area contributed by atoms with Crippen LogP contribution in [0.5, 0.6) is 0 Å². The van der Waals surface area contributed by atoms with Crippen LogP contribution in [-0.2, 0) is 6.54 Å². The lowest BCUT2D eigenvalue weighted by Gasteiger charge is -2.24. The molecule has 0 aromatic carbocycles. The van der Waals surface area contributed by atoms with Crippen molar-refractivity contribution in [1.29, 1.82) is 0 Å². The molecule has 5 heteroatoms. The van der Waals surface area contributed by atoms with E-state index < -0.39 is 0 Å². The predicted molar refractivity (Wildman–Crippen MR) is 88.6 cm³/mol. The Morgan fingerprint density at radius 2 is 2.14 bits per heavy atom. The standard InChI is InChI=1S/C17H21N3OS/c21-17(19-12-14-8-3-4-10-18-14)20-16(13-6-1-2-7-13)15-9-5-11-22-15/h3-5,8-11,13,16H,1-2,6-7,12H2,(H2,19,20,21). The van der Waals surface area contributed by atoms with Crippen molar-refractivity contribution in [3.05, 3.63) is 52.5 Å².